The van der Waals surface area contributed by atoms with Crippen molar-refractivity contribution in [1.29, 1.82) is 0 Å². The van der Waals surface area contributed by atoms with Gasteiger partial charge in [-0.15, -0.1) is 5.10 Å². The highest BCUT2D eigenvalue weighted by molar-refractivity contribution is 8.04. The molecule has 0 radical (unpaired) electrons. The number of nitrogens with one attached hydrogen (secondary N) is 1. The van der Waals surface area contributed by atoms with Crippen molar-refractivity contribution in [2.45, 2.75) is 5.16 Å². The zero-order valence-corrected chi connectivity index (χ0v) is 15.4. The lowest BCUT2D eigenvalue weighted by Gasteiger charge is -2.06. The molecule has 0 amide bonds. The molecule has 0 aliphatic heterocycles. The minimum atomic E-state index is -1.06. The Bertz CT molecular complexity index is 950. The van der Waals surface area contributed by atoms with Gasteiger partial charge >= 0.3 is 5.97 Å². The maximum atomic E-state index is 11.5. The number of aromatic nitrogens is 4. The number of aliphatic carboxylic acids is 1. The van der Waals surface area contributed by atoms with Crippen molar-refractivity contribution >= 4 is 23.8 Å². The monoisotopic (exact) mass is 384 g/mol. The first-order chi connectivity index (χ1) is 13.1. The fourth-order valence-electron chi connectivity index (χ4n) is 2.21. The highest BCUT2D eigenvalue weighted by Gasteiger charge is 2.15. The van der Waals surface area contributed by atoms with Crippen molar-refractivity contribution in [3.8, 4) is 22.9 Å². The number of benzene rings is 1. The molecule has 2 aromatic heterocycles. The van der Waals surface area contributed by atoms with E-state index < -0.39 is 5.97 Å². The molecule has 0 fully saturated rings. The fraction of sp³-hybridized carbons (Fsp3) is 0.111. The van der Waals surface area contributed by atoms with Gasteiger partial charge in [0.25, 0.3) is 0 Å². The fourth-order valence-corrected chi connectivity index (χ4v) is 2.92. The van der Waals surface area contributed by atoms with E-state index >= 15 is 0 Å². The molecule has 0 unspecified atom stereocenters. The SMILES string of the molecule is COc1cc(OC)cc(-c2nc(S/C(=C\c3ccncc3)C(=O)O)n[nH]2)c1. The number of rotatable bonds is 7. The minimum Gasteiger partial charge on any atom is -0.497 e. The second-order valence-corrected chi connectivity index (χ2v) is 6.27. The molecule has 3 rings (SSSR count). The van der Waals surface area contributed by atoms with E-state index in [-0.39, 0.29) is 10.1 Å². The van der Waals surface area contributed by atoms with E-state index in [4.69, 9.17) is 9.47 Å². The Hall–Kier alpha value is -3.33. The highest BCUT2D eigenvalue weighted by atomic mass is 32.2. The first-order valence-electron chi connectivity index (χ1n) is 7.77. The molecule has 8 nitrogen and oxygen atoms in total. The van der Waals surface area contributed by atoms with Crippen LogP contribution in [0.15, 0.2) is 52.8 Å². The van der Waals surface area contributed by atoms with Gasteiger partial charge in [0.15, 0.2) is 5.82 Å². The van der Waals surface area contributed by atoms with Crippen LogP contribution in [0.25, 0.3) is 17.5 Å². The first-order valence-corrected chi connectivity index (χ1v) is 8.59. The molecule has 0 aliphatic rings. The van der Waals surface area contributed by atoms with Gasteiger partial charge in [0, 0.05) is 24.0 Å². The number of thioether (sulfide) groups is 1. The first kappa shape index (κ1) is 18.5. The molecule has 0 aliphatic carbocycles. The number of hydrogen-bond donors (Lipinski definition) is 2. The quantitative estimate of drug-likeness (QED) is 0.472. The molecule has 0 bridgehead atoms. The summed E-state index contributed by atoms with van der Waals surface area (Å²) >= 11 is 0.952. The molecule has 0 saturated carbocycles. The predicted molar refractivity (Wildman–Crippen MR) is 101 cm³/mol. The summed E-state index contributed by atoms with van der Waals surface area (Å²) in [6.45, 7) is 0. The molecule has 3 aromatic rings. The van der Waals surface area contributed by atoms with Crippen molar-refractivity contribution < 1.29 is 19.4 Å². The number of carbonyl (C=O) groups is 1. The predicted octanol–water partition coefficient (Wildman–Crippen LogP) is 3.10. The summed E-state index contributed by atoms with van der Waals surface area (Å²) in [6.07, 6.45) is 4.73. The van der Waals surface area contributed by atoms with E-state index in [2.05, 4.69) is 20.2 Å². The normalized spacial score (nSPS) is 11.3. The Labute approximate surface area is 159 Å². The number of H-pyrrole nitrogens is 1. The third kappa shape index (κ3) is 4.64. The Morgan fingerprint density at radius 3 is 2.41 bits per heavy atom. The van der Waals surface area contributed by atoms with Crippen LogP contribution in [0.4, 0.5) is 0 Å². The summed E-state index contributed by atoms with van der Waals surface area (Å²) in [5, 5.41) is 16.6. The third-order valence-corrected chi connectivity index (χ3v) is 4.38. The molecule has 2 N–H and O–H groups in total. The Morgan fingerprint density at radius 2 is 1.81 bits per heavy atom. The van der Waals surface area contributed by atoms with Crippen LogP contribution in [0.5, 0.6) is 11.5 Å². The molecule has 2 heterocycles. The molecule has 9 heteroatoms. The number of methoxy groups -OCH3 is 2. The van der Waals surface area contributed by atoms with Crippen molar-refractivity contribution in [3.05, 3.63) is 53.2 Å². The molecule has 0 spiro atoms. The van der Waals surface area contributed by atoms with E-state index in [1.54, 1.807) is 63.0 Å². The van der Waals surface area contributed by atoms with Crippen LogP contribution in [0, 0.1) is 0 Å². The van der Waals surface area contributed by atoms with Gasteiger partial charge in [0.2, 0.25) is 5.16 Å². The summed E-state index contributed by atoms with van der Waals surface area (Å²) in [5.74, 6) is 0.632. The molecular formula is C18H16N4O4S. The van der Waals surface area contributed by atoms with Crippen molar-refractivity contribution in [1.82, 2.24) is 20.2 Å². The molecule has 0 atom stereocenters. The molecule has 138 valence electrons. The lowest BCUT2D eigenvalue weighted by Crippen LogP contribution is -1.97. The third-order valence-electron chi connectivity index (χ3n) is 3.51. The van der Waals surface area contributed by atoms with Crippen molar-refractivity contribution in [3.63, 3.8) is 0 Å². The number of carboxylic acid groups (broad SMARTS) is 1. The summed E-state index contributed by atoms with van der Waals surface area (Å²) in [5.41, 5.74) is 1.43. The van der Waals surface area contributed by atoms with Crippen molar-refractivity contribution in [2.24, 2.45) is 0 Å². The topological polar surface area (TPSA) is 110 Å². The number of ether oxygens (including phenoxy) is 2. The summed E-state index contributed by atoms with van der Waals surface area (Å²) in [7, 11) is 3.12. The van der Waals surface area contributed by atoms with Crippen molar-refractivity contribution in [2.75, 3.05) is 14.2 Å². The van der Waals surface area contributed by atoms with Gasteiger partial charge in [0.1, 0.15) is 16.4 Å². The summed E-state index contributed by atoms with van der Waals surface area (Å²) < 4.78 is 10.5. The van der Waals surface area contributed by atoms with Gasteiger partial charge in [-0.3, -0.25) is 10.1 Å². The second kappa shape index (κ2) is 8.37. The number of aromatic amines is 1. The zero-order chi connectivity index (χ0) is 19.2. The van der Waals surface area contributed by atoms with Gasteiger partial charge in [-0.1, -0.05) is 0 Å². The average molecular weight is 384 g/mol. The number of nitrogens with zero attached hydrogens (tertiary/aromatic N) is 3. The zero-order valence-electron chi connectivity index (χ0n) is 14.5. The van der Waals surface area contributed by atoms with E-state index in [1.165, 1.54) is 0 Å². The van der Waals surface area contributed by atoms with E-state index in [0.29, 0.717) is 22.9 Å². The van der Waals surface area contributed by atoms with E-state index in [0.717, 1.165) is 17.3 Å². The van der Waals surface area contributed by atoms with Crippen LogP contribution in [0.3, 0.4) is 0 Å². The minimum absolute atomic E-state index is 0.0926. The van der Waals surface area contributed by atoms with Gasteiger partial charge in [-0.25, -0.2) is 9.78 Å². The van der Waals surface area contributed by atoms with Gasteiger partial charge in [-0.2, -0.15) is 0 Å². The van der Waals surface area contributed by atoms with Crippen LogP contribution < -0.4 is 9.47 Å². The molecule has 0 saturated heterocycles. The average Bonchev–Trinajstić information content (AvgIpc) is 3.16. The van der Waals surface area contributed by atoms with Gasteiger partial charge in [-0.05, 0) is 47.7 Å². The van der Waals surface area contributed by atoms with Gasteiger partial charge in [0.05, 0.1) is 14.2 Å². The van der Waals surface area contributed by atoms with Crippen LogP contribution in [-0.4, -0.2) is 45.5 Å². The molecular weight excluding hydrogens is 368 g/mol. The Kier molecular flexibility index (Phi) is 5.72. The van der Waals surface area contributed by atoms with E-state index in [1.807, 2.05) is 0 Å². The van der Waals surface area contributed by atoms with E-state index in [9.17, 15) is 9.90 Å². The van der Waals surface area contributed by atoms with Gasteiger partial charge < -0.3 is 14.6 Å². The standard InChI is InChI=1S/C18H16N4O4S/c1-25-13-8-12(9-14(10-13)26-2)16-20-18(22-21-16)27-15(17(23)24)7-11-3-5-19-6-4-11/h3-10H,1-2H3,(H,23,24)(H,20,21,22)/b15-7-. The number of pyridine rings is 1. The second-order valence-electron chi connectivity index (χ2n) is 5.26. The van der Waals surface area contributed by atoms with Crippen LogP contribution >= 0.6 is 11.8 Å². The largest absolute Gasteiger partial charge is 0.497 e. The smallest absolute Gasteiger partial charge is 0.342 e. The number of carboxylic acids is 1. The highest BCUT2D eigenvalue weighted by Crippen LogP contribution is 2.30. The van der Waals surface area contributed by atoms with Crippen LogP contribution in [0.2, 0.25) is 0 Å². The summed E-state index contributed by atoms with van der Waals surface area (Å²) in [4.78, 5) is 19.9. The molecule has 1 aromatic carbocycles. The summed E-state index contributed by atoms with van der Waals surface area (Å²) in [6, 6.07) is 8.74. The lowest BCUT2D eigenvalue weighted by atomic mass is 10.2. The van der Waals surface area contributed by atoms with Crippen LogP contribution in [-0.2, 0) is 4.79 Å². The Morgan fingerprint density at radius 1 is 1.15 bits per heavy atom. The van der Waals surface area contributed by atoms with Crippen LogP contribution in [0.1, 0.15) is 5.56 Å². The molecule has 27 heavy (non-hydrogen) atoms. The Balaban J connectivity index is 1.87. The maximum absolute atomic E-state index is 11.5. The maximum Gasteiger partial charge on any atom is 0.342 e. The lowest BCUT2D eigenvalue weighted by molar-refractivity contribution is -0.131. The number of hydrogen-bond acceptors (Lipinski definition) is 7.